The van der Waals surface area contributed by atoms with Gasteiger partial charge in [0.05, 0.1) is 25.7 Å². The lowest BCUT2D eigenvalue weighted by Gasteiger charge is -2.47. The van der Waals surface area contributed by atoms with Crippen LogP contribution in [-0.2, 0) is 23.8 Å². The van der Waals surface area contributed by atoms with Gasteiger partial charge in [0.2, 0.25) is 11.9 Å². The molecule has 0 aromatic heterocycles. The normalized spacial score (nSPS) is 22.6. The Morgan fingerprint density at radius 3 is 1.74 bits per heavy atom. The van der Waals surface area contributed by atoms with Gasteiger partial charge in [-0.15, -0.1) is 0 Å². The quantitative estimate of drug-likeness (QED) is 0.0716. The van der Waals surface area contributed by atoms with Crippen LogP contribution in [0.2, 0.25) is 0 Å². The number of rotatable bonds is 11. The van der Waals surface area contributed by atoms with Gasteiger partial charge < -0.3 is 29.3 Å². The lowest BCUT2D eigenvalue weighted by Crippen LogP contribution is -2.70. The Kier molecular flexibility index (Phi) is 16.3. The molecule has 16 heteroatoms. The summed E-state index contributed by atoms with van der Waals surface area (Å²) in [6.45, 7) is 7.21. The smallest absolute Gasteiger partial charge is 0.416 e. The zero-order valence-corrected chi connectivity index (χ0v) is 34.5. The molecule has 2 heterocycles. The third-order valence-electron chi connectivity index (χ3n) is 12.1. The van der Waals surface area contributed by atoms with Crippen molar-refractivity contribution in [2.45, 2.75) is 142 Å². The minimum absolute atomic E-state index is 0.0780. The van der Waals surface area contributed by atoms with Crippen LogP contribution < -0.4 is 10.6 Å². The highest BCUT2D eigenvalue weighted by Crippen LogP contribution is 2.34. The molecule has 2 aliphatic heterocycles. The van der Waals surface area contributed by atoms with Crippen molar-refractivity contribution >= 4 is 42.1 Å². The minimum atomic E-state index is -1.14. The standard InChI is InChI=1S/C41H67N7O9/c1-41(2,3)44-37(51)45-22-24-46(25-23-45)39(53)48-33(35(50)55-26-29-14-7-4-8-15-29)32(34(48)49)20-13-21-47(40(54)57-28-31-18-11-6-12-19-31)36(42)43-38(52)56-27-30-16-9-5-10-17-30/h29-33H,4-28H2,1-3H3,(H,44,51)(H2,42,43,52)/t32-,33?/m1/s1. The zero-order chi connectivity index (χ0) is 41.0. The molecule has 2 saturated heterocycles. The summed E-state index contributed by atoms with van der Waals surface area (Å²) in [7, 11) is 0. The maximum atomic E-state index is 13.8. The molecule has 0 aromatic carbocycles. The summed E-state index contributed by atoms with van der Waals surface area (Å²) in [5.41, 5.74) is -0.419. The molecule has 5 aliphatic rings. The largest absolute Gasteiger partial charge is 0.464 e. The molecule has 320 valence electrons. The van der Waals surface area contributed by atoms with Crippen LogP contribution in [0.3, 0.4) is 0 Å². The number of imide groups is 1. The van der Waals surface area contributed by atoms with Gasteiger partial charge in [-0.25, -0.2) is 33.8 Å². The third-order valence-corrected chi connectivity index (χ3v) is 12.1. The summed E-state index contributed by atoms with van der Waals surface area (Å²) >= 11 is 0. The molecule has 5 rings (SSSR count). The molecule has 0 aromatic rings. The zero-order valence-electron chi connectivity index (χ0n) is 34.5. The fourth-order valence-electron chi connectivity index (χ4n) is 8.74. The molecule has 0 spiro atoms. The van der Waals surface area contributed by atoms with Gasteiger partial charge in [-0.05, 0) is 89.9 Å². The van der Waals surface area contributed by atoms with Crippen LogP contribution in [-0.4, -0.2) is 126 Å². The van der Waals surface area contributed by atoms with E-state index < -0.39 is 53.6 Å². The molecular formula is C41H67N7O9. The Bertz CT molecular complexity index is 1410. The number of piperazine rings is 1. The van der Waals surface area contributed by atoms with E-state index in [-0.39, 0.29) is 89.2 Å². The number of nitrogens with zero attached hydrogens (tertiary/aromatic N) is 4. The predicted octanol–water partition coefficient (Wildman–Crippen LogP) is 6.22. The average molecular weight is 802 g/mol. The molecule has 57 heavy (non-hydrogen) atoms. The van der Waals surface area contributed by atoms with Gasteiger partial charge in [0.1, 0.15) is 0 Å². The van der Waals surface area contributed by atoms with Crippen molar-refractivity contribution in [3.63, 3.8) is 0 Å². The second-order valence-corrected chi connectivity index (χ2v) is 17.8. The average Bonchev–Trinajstić information content (AvgIpc) is 3.20. The van der Waals surface area contributed by atoms with Crippen molar-refractivity contribution in [3.05, 3.63) is 0 Å². The van der Waals surface area contributed by atoms with E-state index in [2.05, 4.69) is 10.6 Å². The van der Waals surface area contributed by atoms with Gasteiger partial charge >= 0.3 is 30.2 Å². The monoisotopic (exact) mass is 802 g/mol. The molecule has 3 N–H and O–H groups in total. The summed E-state index contributed by atoms with van der Waals surface area (Å²) < 4.78 is 16.9. The lowest BCUT2D eigenvalue weighted by molar-refractivity contribution is -0.171. The second-order valence-electron chi connectivity index (χ2n) is 17.8. The number of guanidine groups is 1. The van der Waals surface area contributed by atoms with Crippen molar-refractivity contribution in [3.8, 4) is 0 Å². The van der Waals surface area contributed by atoms with Crippen LogP contribution in [0.25, 0.3) is 0 Å². The summed E-state index contributed by atoms with van der Waals surface area (Å²) in [6, 6.07) is -1.97. The van der Waals surface area contributed by atoms with Gasteiger partial charge in [0, 0.05) is 38.3 Å². The van der Waals surface area contributed by atoms with Crippen molar-refractivity contribution < 1.29 is 43.0 Å². The van der Waals surface area contributed by atoms with E-state index >= 15 is 0 Å². The number of ether oxygens (including phenoxy) is 3. The Balaban J connectivity index is 1.21. The lowest BCUT2D eigenvalue weighted by atomic mass is 9.83. The van der Waals surface area contributed by atoms with E-state index in [0.717, 1.165) is 99.7 Å². The van der Waals surface area contributed by atoms with Crippen LogP contribution in [0, 0.1) is 29.1 Å². The van der Waals surface area contributed by atoms with Crippen LogP contribution in [0.1, 0.15) is 130 Å². The van der Waals surface area contributed by atoms with E-state index in [0.29, 0.717) is 0 Å². The molecule has 16 nitrogen and oxygen atoms in total. The molecule has 3 aliphatic carbocycles. The van der Waals surface area contributed by atoms with Gasteiger partial charge in [-0.1, -0.05) is 57.8 Å². The van der Waals surface area contributed by atoms with Crippen molar-refractivity contribution in [1.29, 1.82) is 5.41 Å². The number of β-lactam (4-membered cyclic amide) rings is 1. The van der Waals surface area contributed by atoms with Crippen LogP contribution in [0.4, 0.5) is 19.2 Å². The first-order chi connectivity index (χ1) is 27.3. The molecule has 1 unspecified atom stereocenters. The first-order valence-electron chi connectivity index (χ1n) is 21.6. The maximum absolute atomic E-state index is 13.8. The number of amides is 7. The summed E-state index contributed by atoms with van der Waals surface area (Å²) in [5, 5.41) is 14.0. The molecular weight excluding hydrogens is 734 g/mol. The fraction of sp³-hybridized carbons (Fsp3) is 0.829. The molecule has 0 radical (unpaired) electrons. The van der Waals surface area contributed by atoms with E-state index in [1.165, 1.54) is 11.3 Å². The van der Waals surface area contributed by atoms with Gasteiger partial charge in [0.25, 0.3) is 0 Å². The Labute approximate surface area is 337 Å². The van der Waals surface area contributed by atoms with E-state index in [9.17, 15) is 28.8 Å². The minimum Gasteiger partial charge on any atom is -0.464 e. The highest BCUT2D eigenvalue weighted by Gasteiger charge is 2.56. The van der Waals surface area contributed by atoms with Crippen molar-refractivity contribution in [1.82, 2.24) is 30.2 Å². The van der Waals surface area contributed by atoms with Crippen molar-refractivity contribution in [2.75, 3.05) is 52.5 Å². The number of carbonyl (C=O) groups is 6. The van der Waals surface area contributed by atoms with Crippen LogP contribution in [0.15, 0.2) is 0 Å². The highest BCUT2D eigenvalue weighted by atomic mass is 16.6. The first-order valence-corrected chi connectivity index (χ1v) is 21.6. The molecule has 2 atom stereocenters. The Hall–Kier alpha value is -4.11. The number of hydrogen-bond acceptors (Lipinski definition) is 10. The molecule has 7 amide bonds. The Morgan fingerprint density at radius 2 is 1.21 bits per heavy atom. The number of alkyl carbamates (subject to hydrolysis) is 1. The van der Waals surface area contributed by atoms with Crippen LogP contribution in [0.5, 0.6) is 0 Å². The first kappa shape index (κ1) is 44.0. The summed E-state index contributed by atoms with van der Waals surface area (Å²) in [5.74, 6) is -1.79. The van der Waals surface area contributed by atoms with Crippen LogP contribution >= 0.6 is 0 Å². The highest BCUT2D eigenvalue weighted by molar-refractivity contribution is 6.08. The number of esters is 1. The maximum Gasteiger partial charge on any atom is 0.416 e. The predicted molar refractivity (Wildman–Crippen MR) is 211 cm³/mol. The SMILES string of the molecule is CC(C)(C)NC(=O)N1CCN(C(=O)N2C(=O)[C@H](CCCN(C(=N)NC(=O)OCC3CCCCC3)C(=O)OCC3CCCCC3)C2C(=O)OCC2CCCCC2)CC1. The number of carbonyl (C=O) groups excluding carboxylic acids is 6. The summed E-state index contributed by atoms with van der Waals surface area (Å²) in [6.07, 6.45) is 14.4. The van der Waals surface area contributed by atoms with E-state index in [1.54, 1.807) is 4.90 Å². The molecule has 3 saturated carbocycles. The Morgan fingerprint density at radius 1 is 0.719 bits per heavy atom. The second kappa shape index (κ2) is 21.1. The fourth-order valence-corrected chi connectivity index (χ4v) is 8.74. The van der Waals surface area contributed by atoms with Gasteiger partial charge in [-0.2, -0.15) is 0 Å². The van der Waals surface area contributed by atoms with E-state index in [1.807, 2.05) is 20.8 Å². The number of hydrogen-bond donors (Lipinski definition) is 3. The summed E-state index contributed by atoms with van der Waals surface area (Å²) in [4.78, 5) is 85.3. The number of urea groups is 2. The molecule has 5 fully saturated rings. The number of nitrogens with one attached hydrogen (secondary N) is 3. The van der Waals surface area contributed by atoms with Crippen molar-refractivity contribution in [2.24, 2.45) is 23.7 Å². The number of likely N-dealkylation sites (tertiary alicyclic amines) is 1. The van der Waals surface area contributed by atoms with Gasteiger partial charge in [0.15, 0.2) is 6.04 Å². The van der Waals surface area contributed by atoms with Gasteiger partial charge in [-0.3, -0.25) is 15.5 Å². The van der Waals surface area contributed by atoms with E-state index in [4.69, 9.17) is 19.6 Å². The third kappa shape index (κ3) is 12.9. The molecule has 0 bridgehead atoms. The topological polar surface area (TPSA) is 191 Å².